The molecule has 0 heterocycles. The summed E-state index contributed by atoms with van der Waals surface area (Å²) in [7, 11) is 1.58. The van der Waals surface area contributed by atoms with E-state index in [4.69, 9.17) is 0 Å². The van der Waals surface area contributed by atoms with Gasteiger partial charge in [-0.15, -0.1) is 0 Å². The van der Waals surface area contributed by atoms with Crippen molar-refractivity contribution in [2.45, 2.75) is 86.0 Å². The number of benzene rings is 2. The highest BCUT2D eigenvalue weighted by Gasteiger charge is 2.11. The average molecular weight is 442 g/mol. The minimum Gasteiger partial charge on any atom is -0.355 e. The Labute approximate surface area is 196 Å². The standard InChI is InChI=1S/C16H16FNO.C9H18.C4H10/c1-3-11-7-8-14(15(17)9-11)12-5-4-6-13(10-12)16(19)18-2;1-2-6-9-7-4-3-5-8-9;1-4(2)3/h4-10H,3H2,1-2H3,(H,18,19);9H,2-8H2,1H3;4H,1-3H3. The number of carbonyl (C=O) groups excluding carboxylic acids is 1. The van der Waals surface area contributed by atoms with Crippen LogP contribution in [0.3, 0.4) is 0 Å². The van der Waals surface area contributed by atoms with Crippen LogP contribution in [-0.4, -0.2) is 13.0 Å². The Morgan fingerprint density at radius 1 is 1.03 bits per heavy atom. The third-order valence-electron chi connectivity index (χ3n) is 5.53. The lowest BCUT2D eigenvalue weighted by Gasteiger charge is -2.20. The first kappa shape index (κ1) is 27.9. The van der Waals surface area contributed by atoms with Crippen LogP contribution in [0, 0.1) is 17.7 Å². The monoisotopic (exact) mass is 441 g/mol. The SMILES string of the molecule is CC(C)C.CCCC1CCCCC1.CCc1ccc(-c2cccc(C(=O)NC)c2)c(F)c1. The molecular formula is C29H44FNO. The summed E-state index contributed by atoms with van der Waals surface area (Å²) >= 11 is 0. The van der Waals surface area contributed by atoms with E-state index in [0.29, 0.717) is 16.7 Å². The van der Waals surface area contributed by atoms with Gasteiger partial charge in [0, 0.05) is 18.2 Å². The van der Waals surface area contributed by atoms with E-state index in [1.165, 1.54) is 44.9 Å². The number of hydrogen-bond donors (Lipinski definition) is 1. The molecule has 1 saturated carbocycles. The molecular weight excluding hydrogens is 397 g/mol. The van der Waals surface area contributed by atoms with Crippen molar-refractivity contribution >= 4 is 5.91 Å². The van der Waals surface area contributed by atoms with Crippen LogP contribution < -0.4 is 5.32 Å². The zero-order valence-electron chi connectivity index (χ0n) is 21.1. The Morgan fingerprint density at radius 3 is 2.22 bits per heavy atom. The highest BCUT2D eigenvalue weighted by atomic mass is 19.1. The van der Waals surface area contributed by atoms with E-state index in [1.807, 2.05) is 13.0 Å². The third kappa shape index (κ3) is 10.4. The number of rotatable bonds is 5. The van der Waals surface area contributed by atoms with Crippen molar-refractivity contribution in [2.24, 2.45) is 11.8 Å². The van der Waals surface area contributed by atoms with Crippen molar-refractivity contribution in [1.29, 1.82) is 0 Å². The number of amides is 1. The van der Waals surface area contributed by atoms with Gasteiger partial charge < -0.3 is 5.32 Å². The lowest BCUT2D eigenvalue weighted by atomic mass is 9.86. The fraction of sp³-hybridized carbons (Fsp3) is 0.552. The van der Waals surface area contributed by atoms with Gasteiger partial charge in [0.2, 0.25) is 0 Å². The number of halogens is 1. The minimum atomic E-state index is -0.256. The first-order chi connectivity index (χ1) is 15.3. The molecule has 2 aromatic carbocycles. The van der Waals surface area contributed by atoms with Crippen LogP contribution in [0.15, 0.2) is 42.5 Å². The summed E-state index contributed by atoms with van der Waals surface area (Å²) in [6, 6.07) is 12.2. The van der Waals surface area contributed by atoms with Crippen LogP contribution in [-0.2, 0) is 6.42 Å². The first-order valence-corrected chi connectivity index (χ1v) is 12.4. The molecule has 0 radical (unpaired) electrons. The van der Waals surface area contributed by atoms with Crippen LogP contribution >= 0.6 is 0 Å². The molecule has 3 heteroatoms. The number of hydrogen-bond acceptors (Lipinski definition) is 1. The Kier molecular flexibility index (Phi) is 13.6. The minimum absolute atomic E-state index is 0.174. The second kappa shape index (κ2) is 15.6. The zero-order valence-corrected chi connectivity index (χ0v) is 21.1. The summed E-state index contributed by atoms with van der Waals surface area (Å²) in [5.41, 5.74) is 2.71. The maximum absolute atomic E-state index is 14.0. The maximum Gasteiger partial charge on any atom is 0.251 e. The van der Waals surface area contributed by atoms with Crippen LogP contribution in [0.2, 0.25) is 0 Å². The number of nitrogens with one attached hydrogen (secondary N) is 1. The fourth-order valence-corrected chi connectivity index (χ4v) is 3.87. The van der Waals surface area contributed by atoms with E-state index in [1.54, 1.807) is 43.4 Å². The molecule has 3 rings (SSSR count). The topological polar surface area (TPSA) is 29.1 Å². The second-order valence-corrected chi connectivity index (χ2v) is 9.35. The number of aryl methyl sites for hydroxylation is 1. The van der Waals surface area contributed by atoms with Gasteiger partial charge in [-0.2, -0.15) is 0 Å². The molecule has 2 aromatic rings. The van der Waals surface area contributed by atoms with Gasteiger partial charge in [-0.3, -0.25) is 4.79 Å². The molecule has 0 unspecified atom stereocenters. The average Bonchev–Trinajstić information content (AvgIpc) is 2.79. The van der Waals surface area contributed by atoms with E-state index in [0.717, 1.165) is 23.8 Å². The lowest BCUT2D eigenvalue weighted by molar-refractivity contribution is 0.0963. The molecule has 178 valence electrons. The summed E-state index contributed by atoms with van der Waals surface area (Å²) < 4.78 is 14.0. The van der Waals surface area contributed by atoms with Crippen LogP contribution in [0.4, 0.5) is 4.39 Å². The summed E-state index contributed by atoms with van der Waals surface area (Å²) in [5.74, 6) is 1.50. The molecule has 1 aliphatic carbocycles. The molecule has 32 heavy (non-hydrogen) atoms. The van der Waals surface area contributed by atoms with Crippen LogP contribution in [0.1, 0.15) is 95.5 Å². The van der Waals surface area contributed by atoms with Gasteiger partial charge in [-0.1, -0.05) is 104 Å². The van der Waals surface area contributed by atoms with E-state index < -0.39 is 0 Å². The molecule has 0 spiro atoms. The lowest BCUT2D eigenvalue weighted by Crippen LogP contribution is -2.17. The summed E-state index contributed by atoms with van der Waals surface area (Å²) in [5, 5.41) is 2.56. The predicted molar refractivity (Wildman–Crippen MR) is 137 cm³/mol. The molecule has 1 fully saturated rings. The molecule has 1 amide bonds. The van der Waals surface area contributed by atoms with Crippen LogP contribution in [0.25, 0.3) is 11.1 Å². The molecule has 0 atom stereocenters. The zero-order chi connectivity index (χ0) is 23.9. The van der Waals surface area contributed by atoms with Crippen molar-refractivity contribution < 1.29 is 9.18 Å². The molecule has 0 aromatic heterocycles. The Hall–Kier alpha value is -2.16. The van der Waals surface area contributed by atoms with Gasteiger partial charge in [-0.25, -0.2) is 4.39 Å². The predicted octanol–water partition coefficient (Wildman–Crippen LogP) is 8.44. The largest absolute Gasteiger partial charge is 0.355 e. The summed E-state index contributed by atoms with van der Waals surface area (Å²) in [6.45, 7) is 10.8. The Balaban J connectivity index is 0.000000326. The van der Waals surface area contributed by atoms with E-state index >= 15 is 0 Å². The normalized spacial score (nSPS) is 13.5. The first-order valence-electron chi connectivity index (χ1n) is 12.4. The Bertz CT molecular complexity index is 788. The fourth-order valence-electron chi connectivity index (χ4n) is 3.87. The van der Waals surface area contributed by atoms with Crippen molar-refractivity contribution in [3.63, 3.8) is 0 Å². The summed E-state index contributed by atoms with van der Waals surface area (Å²) in [4.78, 5) is 11.6. The maximum atomic E-state index is 14.0. The number of carbonyl (C=O) groups is 1. The molecule has 0 aliphatic heterocycles. The quantitative estimate of drug-likeness (QED) is 0.495. The van der Waals surface area contributed by atoms with E-state index in [9.17, 15) is 9.18 Å². The van der Waals surface area contributed by atoms with Gasteiger partial charge in [0.25, 0.3) is 5.91 Å². The Morgan fingerprint density at radius 2 is 1.69 bits per heavy atom. The second-order valence-electron chi connectivity index (χ2n) is 9.35. The van der Waals surface area contributed by atoms with Crippen molar-refractivity contribution in [2.75, 3.05) is 7.05 Å². The highest BCUT2D eigenvalue weighted by molar-refractivity contribution is 5.95. The third-order valence-corrected chi connectivity index (χ3v) is 5.53. The van der Waals surface area contributed by atoms with Gasteiger partial charge in [0.15, 0.2) is 0 Å². The van der Waals surface area contributed by atoms with E-state index in [-0.39, 0.29) is 11.7 Å². The van der Waals surface area contributed by atoms with Crippen LogP contribution in [0.5, 0.6) is 0 Å². The van der Waals surface area contributed by atoms with Gasteiger partial charge >= 0.3 is 0 Å². The van der Waals surface area contributed by atoms with Crippen molar-refractivity contribution in [3.8, 4) is 11.1 Å². The molecule has 0 bridgehead atoms. The molecule has 2 nitrogen and oxygen atoms in total. The van der Waals surface area contributed by atoms with Gasteiger partial charge in [-0.05, 0) is 47.6 Å². The smallest absolute Gasteiger partial charge is 0.251 e. The van der Waals surface area contributed by atoms with Gasteiger partial charge in [0.05, 0.1) is 0 Å². The van der Waals surface area contributed by atoms with Crippen molar-refractivity contribution in [3.05, 3.63) is 59.4 Å². The molecule has 1 N–H and O–H groups in total. The molecule has 1 aliphatic rings. The van der Waals surface area contributed by atoms with E-state index in [2.05, 4.69) is 33.0 Å². The molecule has 0 saturated heterocycles. The van der Waals surface area contributed by atoms with Gasteiger partial charge in [0.1, 0.15) is 5.82 Å². The van der Waals surface area contributed by atoms with Crippen molar-refractivity contribution in [1.82, 2.24) is 5.32 Å². The summed E-state index contributed by atoms with van der Waals surface area (Å²) in [6.07, 6.45) is 11.2. The highest BCUT2D eigenvalue weighted by Crippen LogP contribution is 2.27.